The van der Waals surface area contributed by atoms with Gasteiger partial charge < -0.3 is 9.88 Å². The van der Waals surface area contributed by atoms with Crippen LogP contribution in [0.5, 0.6) is 0 Å². The van der Waals surface area contributed by atoms with Crippen molar-refractivity contribution >= 4 is 17.2 Å². The molecule has 12 heteroatoms. The van der Waals surface area contributed by atoms with Crippen molar-refractivity contribution in [3.63, 3.8) is 0 Å². The third-order valence-corrected chi connectivity index (χ3v) is 4.90. The molecule has 0 atom stereocenters. The van der Waals surface area contributed by atoms with Gasteiger partial charge in [-0.15, -0.1) is 10.2 Å². The van der Waals surface area contributed by atoms with Crippen molar-refractivity contribution in [2.75, 3.05) is 7.05 Å². The number of carbonyl (C=O) groups is 1. The highest BCUT2D eigenvalue weighted by molar-refractivity contribution is 7.13. The summed E-state index contributed by atoms with van der Waals surface area (Å²) in [5, 5.41) is 11.2. The van der Waals surface area contributed by atoms with Crippen molar-refractivity contribution in [3.05, 3.63) is 63.9 Å². The van der Waals surface area contributed by atoms with Gasteiger partial charge in [0.1, 0.15) is 23.2 Å². The molecule has 0 aliphatic heterocycles. The second-order valence-electron chi connectivity index (χ2n) is 6.57. The molecule has 0 saturated carbocycles. The summed E-state index contributed by atoms with van der Waals surface area (Å²) in [7, 11) is 1.71. The minimum absolute atomic E-state index is 0.166. The molecule has 0 aliphatic rings. The van der Waals surface area contributed by atoms with E-state index in [1.54, 1.807) is 24.1 Å². The van der Waals surface area contributed by atoms with E-state index >= 15 is 0 Å². The summed E-state index contributed by atoms with van der Waals surface area (Å²) in [6.07, 6.45) is -1.72. The lowest BCUT2D eigenvalue weighted by molar-refractivity contribution is -0.141. The van der Waals surface area contributed by atoms with Gasteiger partial charge in [0, 0.05) is 18.9 Å². The number of nitrogens with zero attached hydrogens (tertiary/aromatic N) is 5. The highest BCUT2D eigenvalue weighted by Gasteiger charge is 2.29. The van der Waals surface area contributed by atoms with E-state index in [0.717, 1.165) is 21.5 Å². The first-order chi connectivity index (χ1) is 14.2. The van der Waals surface area contributed by atoms with E-state index in [-0.39, 0.29) is 29.7 Å². The Morgan fingerprint density at radius 1 is 1.20 bits per heavy atom. The number of rotatable bonds is 8. The van der Waals surface area contributed by atoms with Crippen molar-refractivity contribution < 1.29 is 22.4 Å². The van der Waals surface area contributed by atoms with Crippen LogP contribution in [0.15, 0.2) is 36.7 Å². The van der Waals surface area contributed by atoms with Gasteiger partial charge in [-0.3, -0.25) is 9.69 Å². The van der Waals surface area contributed by atoms with Crippen LogP contribution < -0.4 is 5.32 Å². The fourth-order valence-electron chi connectivity index (χ4n) is 2.63. The fraction of sp³-hybridized carbons (Fsp3) is 0.333. The Kier molecular flexibility index (Phi) is 6.77. The van der Waals surface area contributed by atoms with Crippen LogP contribution >= 0.6 is 11.3 Å². The predicted octanol–water partition coefficient (Wildman–Crippen LogP) is 3.00. The number of aromatic nitrogens is 4. The molecule has 1 amide bonds. The van der Waals surface area contributed by atoms with Gasteiger partial charge in [0.05, 0.1) is 13.1 Å². The number of benzene rings is 1. The molecule has 1 N–H and O–H groups in total. The number of alkyl halides is 3. The van der Waals surface area contributed by atoms with Crippen LogP contribution in [0.4, 0.5) is 17.6 Å². The maximum Gasteiger partial charge on any atom is 0.406 e. The summed E-state index contributed by atoms with van der Waals surface area (Å²) in [6.45, 7) is -0.417. The predicted molar refractivity (Wildman–Crippen MR) is 101 cm³/mol. The molecule has 160 valence electrons. The molecule has 2 aromatic heterocycles. The van der Waals surface area contributed by atoms with Gasteiger partial charge >= 0.3 is 6.18 Å². The van der Waals surface area contributed by atoms with Crippen molar-refractivity contribution in [2.24, 2.45) is 0 Å². The lowest BCUT2D eigenvalue weighted by atomic mass is 10.2. The molecule has 0 aliphatic carbocycles. The summed E-state index contributed by atoms with van der Waals surface area (Å²) < 4.78 is 51.8. The molecule has 30 heavy (non-hydrogen) atoms. The summed E-state index contributed by atoms with van der Waals surface area (Å²) >= 11 is 1.09. The number of halogens is 4. The average molecular weight is 442 g/mol. The Labute approximate surface area is 173 Å². The third-order valence-electron chi connectivity index (χ3n) is 4.00. The fourth-order valence-corrected chi connectivity index (χ4v) is 3.46. The van der Waals surface area contributed by atoms with Crippen LogP contribution in [-0.4, -0.2) is 43.8 Å². The molecule has 1 aromatic carbocycles. The van der Waals surface area contributed by atoms with Gasteiger partial charge in [0.25, 0.3) is 5.91 Å². The third kappa shape index (κ3) is 6.32. The number of nitrogens with one attached hydrogen (secondary N) is 1. The summed E-state index contributed by atoms with van der Waals surface area (Å²) in [5.74, 6) is -0.494. The number of imidazole rings is 1. The molecular weight excluding hydrogens is 424 g/mol. The molecular formula is C18H18F4N6OS. The second-order valence-corrected chi connectivity index (χ2v) is 7.63. The number of amides is 1. The molecule has 0 spiro atoms. The lowest BCUT2D eigenvalue weighted by Gasteiger charge is -2.16. The molecule has 0 radical (unpaired) electrons. The van der Waals surface area contributed by atoms with Gasteiger partial charge in [-0.2, -0.15) is 13.2 Å². The Morgan fingerprint density at radius 2 is 1.93 bits per heavy atom. The SMILES string of the molecule is CN(Cc1nnc(C(=O)NCc2ccc(F)cc2)s1)Cc1nccn1CC(F)(F)F. The molecule has 0 unspecified atom stereocenters. The van der Waals surface area contributed by atoms with E-state index in [4.69, 9.17) is 0 Å². The number of carbonyl (C=O) groups excluding carboxylic acids is 1. The normalized spacial score (nSPS) is 11.8. The first-order valence-electron chi connectivity index (χ1n) is 8.80. The molecule has 3 aromatic rings. The van der Waals surface area contributed by atoms with Crippen LogP contribution in [0.3, 0.4) is 0 Å². The van der Waals surface area contributed by atoms with Crippen LogP contribution in [0.25, 0.3) is 0 Å². The van der Waals surface area contributed by atoms with Crippen LogP contribution in [0, 0.1) is 5.82 Å². The Morgan fingerprint density at radius 3 is 2.63 bits per heavy atom. The monoisotopic (exact) mass is 442 g/mol. The quantitative estimate of drug-likeness (QED) is 0.543. The minimum Gasteiger partial charge on any atom is -0.346 e. The lowest BCUT2D eigenvalue weighted by Crippen LogP contribution is -2.23. The van der Waals surface area contributed by atoms with Gasteiger partial charge in [-0.25, -0.2) is 9.37 Å². The Balaban J connectivity index is 1.53. The molecule has 0 bridgehead atoms. The van der Waals surface area contributed by atoms with E-state index in [0.29, 0.717) is 11.6 Å². The zero-order valence-corrected chi connectivity index (χ0v) is 16.7. The van der Waals surface area contributed by atoms with Gasteiger partial charge in [0.2, 0.25) is 5.01 Å². The van der Waals surface area contributed by atoms with Gasteiger partial charge in [-0.05, 0) is 24.7 Å². The topological polar surface area (TPSA) is 75.9 Å². The summed E-state index contributed by atoms with van der Waals surface area (Å²) in [6, 6.07) is 5.75. The Bertz CT molecular complexity index is 985. The Hall–Kier alpha value is -2.86. The van der Waals surface area contributed by atoms with Gasteiger partial charge in [-0.1, -0.05) is 23.5 Å². The van der Waals surface area contributed by atoms with E-state index in [2.05, 4.69) is 20.5 Å². The van der Waals surface area contributed by atoms with E-state index in [1.165, 1.54) is 24.5 Å². The first-order valence-corrected chi connectivity index (χ1v) is 9.61. The van der Waals surface area contributed by atoms with Crippen LogP contribution in [-0.2, 0) is 26.2 Å². The number of hydrogen-bond donors (Lipinski definition) is 1. The molecule has 0 saturated heterocycles. The standard InChI is InChI=1S/C18H18F4N6OS/c1-27(9-14-23-6-7-28(14)11-18(20,21)22)10-15-25-26-17(30-15)16(29)24-8-12-2-4-13(19)5-3-12/h2-7H,8-11H2,1H3,(H,24,29). The van der Waals surface area contributed by atoms with Crippen molar-refractivity contribution in [1.82, 2.24) is 30.0 Å². The largest absolute Gasteiger partial charge is 0.406 e. The highest BCUT2D eigenvalue weighted by Crippen LogP contribution is 2.19. The van der Waals surface area contributed by atoms with E-state index in [9.17, 15) is 22.4 Å². The number of hydrogen-bond acceptors (Lipinski definition) is 6. The zero-order valence-electron chi connectivity index (χ0n) is 15.9. The average Bonchev–Trinajstić information content (AvgIpc) is 3.29. The molecule has 7 nitrogen and oxygen atoms in total. The van der Waals surface area contributed by atoms with Crippen LogP contribution in [0.1, 0.15) is 26.2 Å². The highest BCUT2D eigenvalue weighted by atomic mass is 32.1. The van der Waals surface area contributed by atoms with Crippen LogP contribution in [0.2, 0.25) is 0 Å². The minimum atomic E-state index is -4.33. The van der Waals surface area contributed by atoms with E-state index < -0.39 is 18.6 Å². The van der Waals surface area contributed by atoms with Crippen molar-refractivity contribution in [2.45, 2.75) is 32.4 Å². The zero-order chi connectivity index (χ0) is 21.7. The van der Waals surface area contributed by atoms with E-state index in [1.807, 2.05) is 0 Å². The maximum absolute atomic E-state index is 12.9. The summed E-state index contributed by atoms with van der Waals surface area (Å²) in [5.41, 5.74) is 0.739. The molecule has 3 rings (SSSR count). The first kappa shape index (κ1) is 21.8. The molecule has 2 heterocycles. The summed E-state index contributed by atoms with van der Waals surface area (Å²) in [4.78, 5) is 17.9. The van der Waals surface area contributed by atoms with Crippen molar-refractivity contribution in [1.29, 1.82) is 0 Å². The maximum atomic E-state index is 12.9. The van der Waals surface area contributed by atoms with Gasteiger partial charge in [0.15, 0.2) is 0 Å². The van der Waals surface area contributed by atoms with Crippen molar-refractivity contribution in [3.8, 4) is 0 Å². The smallest absolute Gasteiger partial charge is 0.346 e. The molecule has 0 fully saturated rings. The second kappa shape index (κ2) is 9.30.